The third-order valence-electron chi connectivity index (χ3n) is 3.73. The smallest absolute Gasteiger partial charge is 0.227 e. The van der Waals surface area contributed by atoms with Gasteiger partial charge in [-0.15, -0.1) is 0 Å². The summed E-state index contributed by atoms with van der Waals surface area (Å²) >= 11 is 0. The van der Waals surface area contributed by atoms with Crippen molar-refractivity contribution in [2.45, 2.75) is 26.0 Å². The van der Waals surface area contributed by atoms with Crippen molar-refractivity contribution >= 4 is 5.91 Å². The molecule has 0 saturated carbocycles. The first-order valence-electron chi connectivity index (χ1n) is 6.80. The molecule has 1 heterocycles. The molecule has 1 aromatic rings. The lowest BCUT2D eigenvalue weighted by molar-refractivity contribution is -0.143. The van der Waals surface area contributed by atoms with Crippen LogP contribution in [0, 0.1) is 5.92 Å². The van der Waals surface area contributed by atoms with Gasteiger partial charge in [-0.25, -0.2) is 0 Å². The normalized spacial score (nSPS) is 22.9. The van der Waals surface area contributed by atoms with Gasteiger partial charge < -0.3 is 15.4 Å². The number of benzene rings is 1. The lowest BCUT2D eigenvalue weighted by atomic mass is 10.0. The second-order valence-corrected chi connectivity index (χ2v) is 5.20. The second kappa shape index (κ2) is 6.17. The minimum atomic E-state index is -0.144. The first-order chi connectivity index (χ1) is 9.09. The van der Waals surface area contributed by atoms with E-state index < -0.39 is 0 Å². The van der Waals surface area contributed by atoms with E-state index in [2.05, 4.69) is 0 Å². The number of nitrogens with two attached hydrogens (primary N) is 1. The van der Waals surface area contributed by atoms with Crippen molar-refractivity contribution in [2.75, 3.05) is 19.7 Å². The molecule has 4 nitrogen and oxygen atoms in total. The number of nitrogens with zero attached hydrogens (tertiary/aromatic N) is 1. The number of hydrogen-bond donors (Lipinski definition) is 1. The van der Waals surface area contributed by atoms with Gasteiger partial charge in [-0.1, -0.05) is 37.3 Å². The van der Waals surface area contributed by atoms with Crippen LogP contribution in [0.5, 0.6) is 0 Å². The molecule has 1 aliphatic heterocycles. The first-order valence-corrected chi connectivity index (χ1v) is 6.80. The maximum Gasteiger partial charge on any atom is 0.227 e. The van der Waals surface area contributed by atoms with Crippen LogP contribution in [0.1, 0.15) is 25.5 Å². The molecule has 104 valence electrons. The first kappa shape index (κ1) is 14.0. The molecule has 0 spiro atoms. The summed E-state index contributed by atoms with van der Waals surface area (Å²) in [5, 5.41) is 0. The molecule has 19 heavy (non-hydrogen) atoms. The van der Waals surface area contributed by atoms with Gasteiger partial charge in [-0.2, -0.15) is 0 Å². The average Bonchev–Trinajstić information content (AvgIpc) is 2.46. The van der Waals surface area contributed by atoms with Crippen LogP contribution in [-0.4, -0.2) is 36.5 Å². The Balaban J connectivity index is 2.03. The molecular formula is C15H22N2O2. The van der Waals surface area contributed by atoms with Gasteiger partial charge in [0.2, 0.25) is 5.91 Å². The molecule has 0 aliphatic carbocycles. The predicted octanol–water partition coefficient (Wildman–Crippen LogP) is 1.57. The molecule has 3 atom stereocenters. The Morgan fingerprint density at radius 3 is 2.68 bits per heavy atom. The van der Waals surface area contributed by atoms with Gasteiger partial charge in [0.05, 0.1) is 19.1 Å². The van der Waals surface area contributed by atoms with Gasteiger partial charge >= 0.3 is 0 Å². The zero-order valence-corrected chi connectivity index (χ0v) is 11.6. The Morgan fingerprint density at radius 2 is 2.05 bits per heavy atom. The number of carbonyl (C=O) groups excluding carboxylic acids is 1. The lowest BCUT2D eigenvalue weighted by Gasteiger charge is -2.35. The van der Waals surface area contributed by atoms with Crippen LogP contribution in [0.2, 0.25) is 0 Å². The molecule has 0 radical (unpaired) electrons. The summed E-state index contributed by atoms with van der Waals surface area (Å²) in [5.74, 6) is -0.0197. The molecular weight excluding hydrogens is 240 g/mol. The molecule has 2 N–H and O–H groups in total. The van der Waals surface area contributed by atoms with E-state index in [1.54, 1.807) is 0 Å². The van der Waals surface area contributed by atoms with Crippen molar-refractivity contribution in [2.24, 2.45) is 11.7 Å². The van der Waals surface area contributed by atoms with E-state index in [0.29, 0.717) is 19.7 Å². The predicted molar refractivity (Wildman–Crippen MR) is 74.5 cm³/mol. The van der Waals surface area contributed by atoms with E-state index >= 15 is 0 Å². The lowest BCUT2D eigenvalue weighted by Crippen LogP contribution is -2.47. The molecule has 3 unspecified atom stereocenters. The van der Waals surface area contributed by atoms with E-state index in [1.807, 2.05) is 49.1 Å². The topological polar surface area (TPSA) is 55.6 Å². The van der Waals surface area contributed by atoms with Gasteiger partial charge in [-0.3, -0.25) is 4.79 Å². The summed E-state index contributed by atoms with van der Waals surface area (Å²) in [6, 6.07) is 9.91. The number of hydrogen-bond acceptors (Lipinski definition) is 3. The Bertz CT molecular complexity index is 419. The minimum absolute atomic E-state index is 0.0285. The van der Waals surface area contributed by atoms with Crippen molar-refractivity contribution in [1.29, 1.82) is 0 Å². The highest BCUT2D eigenvalue weighted by Crippen LogP contribution is 2.23. The zero-order chi connectivity index (χ0) is 13.8. The maximum absolute atomic E-state index is 12.3. The number of carbonyl (C=O) groups is 1. The monoisotopic (exact) mass is 262 g/mol. The molecule has 0 aromatic heterocycles. The Labute approximate surface area is 114 Å². The second-order valence-electron chi connectivity index (χ2n) is 5.20. The summed E-state index contributed by atoms with van der Waals surface area (Å²) < 4.78 is 5.76. The van der Waals surface area contributed by atoms with Crippen LogP contribution >= 0.6 is 0 Å². The third-order valence-corrected chi connectivity index (χ3v) is 3.73. The molecule has 1 saturated heterocycles. The van der Waals surface area contributed by atoms with Crippen molar-refractivity contribution < 1.29 is 9.53 Å². The standard InChI is InChI=1S/C15H22N2O2/c1-11(12(2)16)15(18)17-8-9-19-14(10-17)13-6-4-3-5-7-13/h3-7,11-12,14H,8-10,16H2,1-2H3. The fourth-order valence-corrected chi connectivity index (χ4v) is 2.23. The molecule has 1 aromatic carbocycles. The van der Waals surface area contributed by atoms with Crippen LogP contribution in [0.15, 0.2) is 30.3 Å². The van der Waals surface area contributed by atoms with E-state index in [1.165, 1.54) is 0 Å². The van der Waals surface area contributed by atoms with E-state index in [-0.39, 0.29) is 24.0 Å². The summed E-state index contributed by atoms with van der Waals surface area (Å²) in [5.41, 5.74) is 6.93. The third kappa shape index (κ3) is 3.33. The van der Waals surface area contributed by atoms with Gasteiger partial charge in [0.15, 0.2) is 0 Å². The number of amides is 1. The van der Waals surface area contributed by atoms with Crippen molar-refractivity contribution in [3.05, 3.63) is 35.9 Å². The number of morpholine rings is 1. The fraction of sp³-hybridized carbons (Fsp3) is 0.533. The Kier molecular flexibility index (Phi) is 4.56. The van der Waals surface area contributed by atoms with Crippen LogP contribution < -0.4 is 5.73 Å². The van der Waals surface area contributed by atoms with Gasteiger partial charge in [-0.05, 0) is 12.5 Å². The molecule has 1 amide bonds. The van der Waals surface area contributed by atoms with Crippen LogP contribution in [0.25, 0.3) is 0 Å². The Hall–Kier alpha value is -1.39. The van der Waals surface area contributed by atoms with Gasteiger partial charge in [0.1, 0.15) is 6.10 Å². The SMILES string of the molecule is CC(N)C(C)C(=O)N1CCOC(c2ccccc2)C1. The van der Waals surface area contributed by atoms with Crippen LogP contribution in [-0.2, 0) is 9.53 Å². The molecule has 1 aliphatic rings. The zero-order valence-electron chi connectivity index (χ0n) is 11.6. The average molecular weight is 262 g/mol. The highest BCUT2D eigenvalue weighted by atomic mass is 16.5. The van der Waals surface area contributed by atoms with E-state index in [4.69, 9.17) is 10.5 Å². The number of ether oxygens (including phenoxy) is 1. The number of rotatable bonds is 3. The quantitative estimate of drug-likeness (QED) is 0.899. The Morgan fingerprint density at radius 1 is 1.37 bits per heavy atom. The summed E-state index contributed by atoms with van der Waals surface area (Å²) in [6.45, 7) is 5.60. The van der Waals surface area contributed by atoms with Crippen molar-refractivity contribution in [1.82, 2.24) is 4.90 Å². The van der Waals surface area contributed by atoms with Gasteiger partial charge in [0, 0.05) is 12.6 Å². The minimum Gasteiger partial charge on any atom is -0.370 e. The van der Waals surface area contributed by atoms with Crippen molar-refractivity contribution in [3.63, 3.8) is 0 Å². The van der Waals surface area contributed by atoms with Crippen LogP contribution in [0.3, 0.4) is 0 Å². The summed E-state index contributed by atoms with van der Waals surface area (Å²) in [6.07, 6.45) is -0.0285. The summed E-state index contributed by atoms with van der Waals surface area (Å²) in [7, 11) is 0. The maximum atomic E-state index is 12.3. The van der Waals surface area contributed by atoms with E-state index in [0.717, 1.165) is 5.56 Å². The fourth-order valence-electron chi connectivity index (χ4n) is 2.23. The highest BCUT2D eigenvalue weighted by Gasteiger charge is 2.29. The van der Waals surface area contributed by atoms with Crippen LogP contribution in [0.4, 0.5) is 0 Å². The molecule has 4 heteroatoms. The van der Waals surface area contributed by atoms with Crippen molar-refractivity contribution in [3.8, 4) is 0 Å². The molecule has 0 bridgehead atoms. The summed E-state index contributed by atoms with van der Waals surface area (Å²) in [4.78, 5) is 14.2. The largest absolute Gasteiger partial charge is 0.370 e. The van der Waals surface area contributed by atoms with Gasteiger partial charge in [0.25, 0.3) is 0 Å². The van der Waals surface area contributed by atoms with E-state index in [9.17, 15) is 4.79 Å². The molecule has 2 rings (SSSR count). The molecule has 1 fully saturated rings. The highest BCUT2D eigenvalue weighted by molar-refractivity contribution is 5.79.